The molecule has 2 amide bonds. The Hall–Kier alpha value is -2.44. The summed E-state index contributed by atoms with van der Waals surface area (Å²) in [6.07, 6.45) is 1.50. The van der Waals surface area contributed by atoms with E-state index in [-0.39, 0.29) is 24.5 Å². The predicted molar refractivity (Wildman–Crippen MR) is 104 cm³/mol. The number of carbonyl (C=O) groups is 2. The topological polar surface area (TPSA) is 67.9 Å². The summed E-state index contributed by atoms with van der Waals surface area (Å²) in [6.45, 7) is 2.24. The molecule has 2 aromatic rings. The number of amides is 2. The monoisotopic (exact) mass is 370 g/mol. The second-order valence-corrected chi connectivity index (χ2v) is 6.70. The van der Waals surface area contributed by atoms with Crippen LogP contribution in [0.15, 0.2) is 42.5 Å². The van der Waals surface area contributed by atoms with Crippen molar-refractivity contribution in [3.63, 3.8) is 0 Å². The smallest absolute Gasteiger partial charge is 0.252 e. The van der Waals surface area contributed by atoms with Gasteiger partial charge in [0.2, 0.25) is 5.91 Å². The summed E-state index contributed by atoms with van der Waals surface area (Å²) in [4.78, 5) is 26.7. The quantitative estimate of drug-likeness (QED) is 0.759. The van der Waals surface area contributed by atoms with Crippen molar-refractivity contribution in [2.75, 3.05) is 40.0 Å². The maximum absolute atomic E-state index is 12.7. The molecule has 2 aromatic carbocycles. The van der Waals surface area contributed by atoms with Gasteiger partial charge >= 0.3 is 0 Å². The molecule has 0 spiro atoms. The molecule has 1 heterocycles. The van der Waals surface area contributed by atoms with Crippen LogP contribution in [0.2, 0.25) is 0 Å². The molecule has 6 heteroatoms. The maximum atomic E-state index is 12.7. The van der Waals surface area contributed by atoms with Crippen molar-refractivity contribution in [3.8, 4) is 0 Å². The predicted octanol–water partition coefficient (Wildman–Crippen LogP) is 2.22. The van der Waals surface area contributed by atoms with E-state index in [4.69, 9.17) is 9.47 Å². The van der Waals surface area contributed by atoms with E-state index in [0.717, 1.165) is 23.6 Å². The zero-order valence-corrected chi connectivity index (χ0v) is 15.6. The van der Waals surface area contributed by atoms with Gasteiger partial charge in [0.1, 0.15) is 6.61 Å². The van der Waals surface area contributed by atoms with E-state index in [2.05, 4.69) is 5.32 Å². The second kappa shape index (κ2) is 9.48. The summed E-state index contributed by atoms with van der Waals surface area (Å²) >= 11 is 0. The molecule has 0 radical (unpaired) electrons. The number of hydrogen-bond acceptors (Lipinski definition) is 4. The van der Waals surface area contributed by atoms with Crippen molar-refractivity contribution in [2.24, 2.45) is 0 Å². The number of piperidine rings is 1. The number of fused-ring (bicyclic) bond motifs is 1. The molecule has 3 rings (SSSR count). The third-order valence-electron chi connectivity index (χ3n) is 4.87. The fraction of sp³-hybridized carbons (Fsp3) is 0.429. The first-order valence-electron chi connectivity index (χ1n) is 9.32. The number of likely N-dealkylation sites (tertiary alicyclic amines) is 1. The molecule has 0 aromatic heterocycles. The maximum Gasteiger partial charge on any atom is 0.252 e. The molecule has 6 nitrogen and oxygen atoms in total. The van der Waals surface area contributed by atoms with Gasteiger partial charge in [-0.1, -0.05) is 36.4 Å². The van der Waals surface area contributed by atoms with Crippen LogP contribution >= 0.6 is 0 Å². The lowest BCUT2D eigenvalue weighted by atomic mass is 10.0. The molecule has 1 aliphatic rings. The van der Waals surface area contributed by atoms with Crippen molar-refractivity contribution >= 4 is 22.6 Å². The van der Waals surface area contributed by atoms with Crippen molar-refractivity contribution < 1.29 is 19.1 Å². The van der Waals surface area contributed by atoms with Crippen LogP contribution in [0.25, 0.3) is 10.8 Å². The molecule has 0 unspecified atom stereocenters. The molecule has 0 bridgehead atoms. The minimum absolute atomic E-state index is 0.00932. The molecule has 0 saturated carbocycles. The zero-order chi connectivity index (χ0) is 19.1. The van der Waals surface area contributed by atoms with Crippen molar-refractivity contribution in [3.05, 3.63) is 48.0 Å². The second-order valence-electron chi connectivity index (χ2n) is 6.70. The number of nitrogens with zero attached hydrogens (tertiary/aromatic N) is 1. The van der Waals surface area contributed by atoms with Gasteiger partial charge in [-0.3, -0.25) is 9.59 Å². The van der Waals surface area contributed by atoms with E-state index >= 15 is 0 Å². The Kier molecular flexibility index (Phi) is 6.79. The van der Waals surface area contributed by atoms with E-state index in [0.29, 0.717) is 31.9 Å². The summed E-state index contributed by atoms with van der Waals surface area (Å²) in [5.41, 5.74) is 0.693. The average molecular weight is 370 g/mol. The highest BCUT2D eigenvalue weighted by Gasteiger charge is 2.24. The van der Waals surface area contributed by atoms with Gasteiger partial charge in [0.05, 0.1) is 13.2 Å². The summed E-state index contributed by atoms with van der Waals surface area (Å²) < 4.78 is 10.2. The summed E-state index contributed by atoms with van der Waals surface area (Å²) in [6, 6.07) is 13.7. The SMILES string of the molecule is COCCOCC(=O)N1CCC(NC(=O)c2cccc3ccccc23)CC1. The Morgan fingerprint density at radius 1 is 1.07 bits per heavy atom. The first-order chi connectivity index (χ1) is 13.2. The standard InChI is InChI=1S/C21H26N2O4/c1-26-13-14-27-15-20(24)23-11-9-17(10-12-23)22-21(25)19-8-4-6-16-5-2-3-7-18(16)19/h2-8,17H,9-15H2,1H3,(H,22,25). The van der Waals surface area contributed by atoms with Crippen LogP contribution in [0.3, 0.4) is 0 Å². The Labute approximate surface area is 159 Å². The van der Waals surface area contributed by atoms with E-state index in [9.17, 15) is 9.59 Å². The third kappa shape index (κ3) is 5.05. The van der Waals surface area contributed by atoms with Crippen LogP contribution < -0.4 is 5.32 Å². The normalized spacial score (nSPS) is 15.1. The Bertz CT molecular complexity index is 779. The Morgan fingerprint density at radius 2 is 1.81 bits per heavy atom. The molecule has 1 N–H and O–H groups in total. The molecular weight excluding hydrogens is 344 g/mol. The zero-order valence-electron chi connectivity index (χ0n) is 15.6. The van der Waals surface area contributed by atoms with E-state index in [1.54, 1.807) is 12.0 Å². The average Bonchev–Trinajstić information content (AvgIpc) is 2.71. The van der Waals surface area contributed by atoms with E-state index in [1.165, 1.54) is 0 Å². The van der Waals surface area contributed by atoms with Gasteiger partial charge in [0.15, 0.2) is 0 Å². The highest BCUT2D eigenvalue weighted by molar-refractivity contribution is 6.07. The molecule has 1 aliphatic heterocycles. The summed E-state index contributed by atoms with van der Waals surface area (Å²) in [5, 5.41) is 5.13. The minimum atomic E-state index is -0.0560. The highest BCUT2D eigenvalue weighted by Crippen LogP contribution is 2.19. The summed E-state index contributed by atoms with van der Waals surface area (Å²) in [5.74, 6) is -0.0654. The lowest BCUT2D eigenvalue weighted by molar-refractivity contribution is -0.137. The fourth-order valence-electron chi connectivity index (χ4n) is 3.35. The number of carbonyl (C=O) groups excluding carboxylic acids is 2. The molecule has 1 saturated heterocycles. The van der Waals surface area contributed by atoms with Gasteiger partial charge in [-0.25, -0.2) is 0 Å². The number of hydrogen-bond donors (Lipinski definition) is 1. The fourth-order valence-corrected chi connectivity index (χ4v) is 3.35. The minimum Gasteiger partial charge on any atom is -0.382 e. The van der Waals surface area contributed by atoms with Crippen LogP contribution in [0, 0.1) is 0 Å². The first kappa shape index (κ1) is 19.3. The largest absolute Gasteiger partial charge is 0.382 e. The van der Waals surface area contributed by atoms with Gasteiger partial charge in [0, 0.05) is 31.8 Å². The highest BCUT2D eigenvalue weighted by atomic mass is 16.5. The van der Waals surface area contributed by atoms with Gasteiger partial charge in [0.25, 0.3) is 5.91 Å². The lowest BCUT2D eigenvalue weighted by Gasteiger charge is -2.32. The number of methoxy groups -OCH3 is 1. The van der Waals surface area contributed by atoms with Crippen molar-refractivity contribution in [1.82, 2.24) is 10.2 Å². The van der Waals surface area contributed by atoms with Gasteiger partial charge in [-0.15, -0.1) is 0 Å². The molecule has 0 aliphatic carbocycles. The van der Waals surface area contributed by atoms with Gasteiger partial charge in [-0.05, 0) is 29.7 Å². The van der Waals surface area contributed by atoms with E-state index in [1.807, 2.05) is 42.5 Å². The molecule has 0 atom stereocenters. The number of benzene rings is 2. The van der Waals surface area contributed by atoms with E-state index < -0.39 is 0 Å². The Morgan fingerprint density at radius 3 is 2.59 bits per heavy atom. The number of rotatable bonds is 7. The Balaban J connectivity index is 1.50. The molecule has 27 heavy (non-hydrogen) atoms. The summed E-state index contributed by atoms with van der Waals surface area (Å²) in [7, 11) is 1.60. The number of nitrogens with one attached hydrogen (secondary N) is 1. The van der Waals surface area contributed by atoms with Crippen LogP contribution in [0.4, 0.5) is 0 Å². The molecule has 1 fully saturated rings. The molecule has 144 valence electrons. The van der Waals surface area contributed by atoms with Crippen LogP contribution in [-0.4, -0.2) is 62.8 Å². The number of ether oxygens (including phenoxy) is 2. The van der Waals surface area contributed by atoms with Crippen LogP contribution in [-0.2, 0) is 14.3 Å². The van der Waals surface area contributed by atoms with Crippen LogP contribution in [0.1, 0.15) is 23.2 Å². The lowest BCUT2D eigenvalue weighted by Crippen LogP contribution is -2.47. The van der Waals surface area contributed by atoms with Gasteiger partial charge < -0.3 is 19.7 Å². The van der Waals surface area contributed by atoms with Crippen molar-refractivity contribution in [1.29, 1.82) is 0 Å². The molecular formula is C21H26N2O4. The first-order valence-corrected chi connectivity index (χ1v) is 9.32. The third-order valence-corrected chi connectivity index (χ3v) is 4.87. The van der Waals surface area contributed by atoms with Crippen LogP contribution in [0.5, 0.6) is 0 Å². The van der Waals surface area contributed by atoms with Crippen molar-refractivity contribution in [2.45, 2.75) is 18.9 Å². The van der Waals surface area contributed by atoms with Gasteiger partial charge in [-0.2, -0.15) is 0 Å².